The van der Waals surface area contributed by atoms with Gasteiger partial charge in [0.05, 0.1) is 6.54 Å². The maximum atomic E-state index is 12.2. The molecule has 0 N–H and O–H groups in total. The summed E-state index contributed by atoms with van der Waals surface area (Å²) in [4.78, 5) is 12.1. The number of halogens is 3. The Morgan fingerprint density at radius 2 is 2.00 bits per heavy atom. The van der Waals surface area contributed by atoms with Crippen LogP contribution in [0, 0.1) is 0 Å². The summed E-state index contributed by atoms with van der Waals surface area (Å²) in [5.74, 6) is 0.0396. The second-order valence-corrected chi connectivity index (χ2v) is 4.12. The maximum absolute atomic E-state index is 12.2. The van der Waals surface area contributed by atoms with Gasteiger partial charge >= 0.3 is 6.18 Å². The van der Waals surface area contributed by atoms with Crippen molar-refractivity contribution < 1.29 is 18.0 Å². The summed E-state index contributed by atoms with van der Waals surface area (Å²) >= 11 is 0. The fraction of sp³-hybridized carbons (Fsp3) is 0.900. The number of carbonyl (C=O) groups excluding carboxylic acids is 1. The lowest BCUT2D eigenvalue weighted by Crippen LogP contribution is -2.36. The average Bonchev–Trinajstić information content (AvgIpc) is 2.81. The van der Waals surface area contributed by atoms with E-state index in [1.54, 1.807) is 0 Å². The summed E-state index contributed by atoms with van der Waals surface area (Å²) in [5.41, 5.74) is 0. The number of nitrogens with zero attached hydrogens (tertiary/aromatic N) is 1. The SMILES string of the molecule is CC(=O)CCCN(CC(F)(F)F)C1CC1. The van der Waals surface area contributed by atoms with Crippen LogP contribution in [0.2, 0.25) is 0 Å². The second-order valence-electron chi connectivity index (χ2n) is 4.12. The second kappa shape index (κ2) is 4.96. The summed E-state index contributed by atoms with van der Waals surface area (Å²) in [6.45, 7) is 1.00. The zero-order valence-electron chi connectivity index (χ0n) is 8.81. The molecule has 15 heavy (non-hydrogen) atoms. The molecule has 0 aliphatic heterocycles. The molecule has 0 aromatic rings. The van der Waals surface area contributed by atoms with Crippen molar-refractivity contribution in [2.24, 2.45) is 0 Å². The van der Waals surface area contributed by atoms with Gasteiger partial charge in [-0.2, -0.15) is 13.2 Å². The molecule has 0 spiro atoms. The van der Waals surface area contributed by atoms with Crippen molar-refractivity contribution in [2.45, 2.75) is 44.8 Å². The largest absolute Gasteiger partial charge is 0.401 e. The number of hydrogen-bond donors (Lipinski definition) is 0. The van der Waals surface area contributed by atoms with Gasteiger partial charge in [0.2, 0.25) is 0 Å². The zero-order chi connectivity index (χ0) is 11.5. The van der Waals surface area contributed by atoms with E-state index in [4.69, 9.17) is 0 Å². The van der Waals surface area contributed by atoms with Crippen molar-refractivity contribution in [1.29, 1.82) is 0 Å². The molecule has 1 fully saturated rings. The first-order valence-corrected chi connectivity index (χ1v) is 5.19. The molecule has 0 amide bonds. The molecule has 0 heterocycles. The van der Waals surface area contributed by atoms with Crippen LogP contribution >= 0.6 is 0 Å². The fourth-order valence-electron chi connectivity index (χ4n) is 1.59. The van der Waals surface area contributed by atoms with Crippen molar-refractivity contribution >= 4 is 5.78 Å². The molecular formula is C10H16F3NO. The predicted octanol–water partition coefficient (Wildman–Crippen LogP) is 2.38. The Morgan fingerprint density at radius 1 is 1.40 bits per heavy atom. The van der Waals surface area contributed by atoms with E-state index in [9.17, 15) is 18.0 Å². The molecule has 5 heteroatoms. The van der Waals surface area contributed by atoms with Crippen LogP contribution in [0.3, 0.4) is 0 Å². The van der Waals surface area contributed by atoms with Gasteiger partial charge in [-0.05, 0) is 32.7 Å². The molecule has 0 saturated heterocycles. The van der Waals surface area contributed by atoms with E-state index in [1.807, 2.05) is 0 Å². The van der Waals surface area contributed by atoms with Crippen molar-refractivity contribution in [3.63, 3.8) is 0 Å². The van der Waals surface area contributed by atoms with E-state index in [2.05, 4.69) is 0 Å². The van der Waals surface area contributed by atoms with Crippen LogP contribution < -0.4 is 0 Å². The summed E-state index contributed by atoms with van der Waals surface area (Å²) in [6.07, 6.45) is -1.51. The van der Waals surface area contributed by atoms with Gasteiger partial charge in [-0.15, -0.1) is 0 Å². The molecule has 1 rings (SSSR count). The highest BCUT2D eigenvalue weighted by atomic mass is 19.4. The summed E-state index contributed by atoms with van der Waals surface area (Å²) < 4.78 is 36.5. The molecule has 0 atom stereocenters. The Bertz CT molecular complexity index is 223. The van der Waals surface area contributed by atoms with Gasteiger partial charge in [-0.1, -0.05) is 0 Å². The molecule has 0 aromatic heterocycles. The minimum atomic E-state index is -4.13. The van der Waals surface area contributed by atoms with Crippen molar-refractivity contribution in [3.8, 4) is 0 Å². The van der Waals surface area contributed by atoms with Gasteiger partial charge in [0.25, 0.3) is 0 Å². The maximum Gasteiger partial charge on any atom is 0.401 e. The topological polar surface area (TPSA) is 20.3 Å². The minimum Gasteiger partial charge on any atom is -0.300 e. The Balaban J connectivity index is 2.28. The summed E-state index contributed by atoms with van der Waals surface area (Å²) in [6, 6.07) is 0.0959. The van der Waals surface area contributed by atoms with E-state index in [-0.39, 0.29) is 11.8 Å². The Morgan fingerprint density at radius 3 is 2.40 bits per heavy atom. The molecule has 1 aliphatic carbocycles. The van der Waals surface area contributed by atoms with Gasteiger partial charge < -0.3 is 4.79 Å². The smallest absolute Gasteiger partial charge is 0.300 e. The number of hydrogen-bond acceptors (Lipinski definition) is 2. The van der Waals surface area contributed by atoms with Crippen molar-refractivity contribution in [3.05, 3.63) is 0 Å². The Hall–Kier alpha value is -0.580. The average molecular weight is 223 g/mol. The van der Waals surface area contributed by atoms with E-state index < -0.39 is 12.7 Å². The highest BCUT2D eigenvalue weighted by Crippen LogP contribution is 2.30. The van der Waals surface area contributed by atoms with Crippen LogP contribution in [0.4, 0.5) is 13.2 Å². The van der Waals surface area contributed by atoms with E-state index >= 15 is 0 Å². The molecule has 0 bridgehead atoms. The number of Topliss-reactive ketones (excluding diaryl/α,β-unsaturated/α-hetero) is 1. The number of carbonyl (C=O) groups is 1. The third-order valence-electron chi connectivity index (χ3n) is 2.42. The van der Waals surface area contributed by atoms with Gasteiger partial charge in [0.1, 0.15) is 5.78 Å². The molecular weight excluding hydrogens is 207 g/mol. The number of alkyl halides is 3. The lowest BCUT2D eigenvalue weighted by molar-refractivity contribution is -0.147. The Labute approximate surface area is 87.4 Å². The van der Waals surface area contributed by atoms with Crippen LogP contribution in [0.15, 0.2) is 0 Å². The molecule has 1 aliphatic rings. The van der Waals surface area contributed by atoms with E-state index in [0.29, 0.717) is 19.4 Å². The van der Waals surface area contributed by atoms with E-state index in [1.165, 1.54) is 11.8 Å². The predicted molar refractivity (Wildman–Crippen MR) is 50.6 cm³/mol. The molecule has 0 radical (unpaired) electrons. The van der Waals surface area contributed by atoms with Crippen LogP contribution in [-0.2, 0) is 4.79 Å². The highest BCUT2D eigenvalue weighted by molar-refractivity contribution is 5.75. The third kappa shape index (κ3) is 5.77. The normalized spacial score (nSPS) is 17.1. The monoisotopic (exact) mass is 223 g/mol. The summed E-state index contributed by atoms with van der Waals surface area (Å²) in [5, 5.41) is 0. The first-order chi connectivity index (χ1) is 6.88. The van der Waals surface area contributed by atoms with Gasteiger partial charge in [-0.25, -0.2) is 0 Å². The Kier molecular flexibility index (Phi) is 4.13. The number of rotatable bonds is 6. The molecule has 88 valence electrons. The molecule has 1 saturated carbocycles. The van der Waals surface area contributed by atoms with Gasteiger partial charge in [0, 0.05) is 12.5 Å². The highest BCUT2D eigenvalue weighted by Gasteiger charge is 2.37. The molecule has 0 unspecified atom stereocenters. The lowest BCUT2D eigenvalue weighted by atomic mass is 10.2. The molecule has 0 aromatic carbocycles. The molecule has 2 nitrogen and oxygen atoms in total. The summed E-state index contributed by atoms with van der Waals surface area (Å²) in [7, 11) is 0. The first kappa shape index (κ1) is 12.5. The third-order valence-corrected chi connectivity index (χ3v) is 2.42. The quantitative estimate of drug-likeness (QED) is 0.689. The van der Waals surface area contributed by atoms with Crippen LogP contribution in [0.25, 0.3) is 0 Å². The number of ketones is 1. The van der Waals surface area contributed by atoms with Gasteiger partial charge in [-0.3, -0.25) is 4.90 Å². The van der Waals surface area contributed by atoms with Crippen LogP contribution in [0.1, 0.15) is 32.6 Å². The van der Waals surface area contributed by atoms with Gasteiger partial charge in [0.15, 0.2) is 0 Å². The van der Waals surface area contributed by atoms with Crippen LogP contribution in [0.5, 0.6) is 0 Å². The van der Waals surface area contributed by atoms with Crippen molar-refractivity contribution in [1.82, 2.24) is 4.90 Å². The standard InChI is InChI=1S/C10H16F3NO/c1-8(15)3-2-6-14(9-4-5-9)7-10(11,12)13/h9H,2-7H2,1H3. The lowest BCUT2D eigenvalue weighted by Gasteiger charge is -2.22. The first-order valence-electron chi connectivity index (χ1n) is 5.19. The van der Waals surface area contributed by atoms with E-state index in [0.717, 1.165) is 12.8 Å². The van der Waals surface area contributed by atoms with Crippen molar-refractivity contribution in [2.75, 3.05) is 13.1 Å². The zero-order valence-corrected chi connectivity index (χ0v) is 8.81. The fourth-order valence-corrected chi connectivity index (χ4v) is 1.59. The van der Waals surface area contributed by atoms with Crippen LogP contribution in [-0.4, -0.2) is 36.0 Å². The minimum absolute atomic E-state index is 0.0396.